The molecule has 1 heterocycles. The van der Waals surface area contributed by atoms with Crippen LogP contribution in [0.2, 0.25) is 0 Å². The average molecular weight is 414 g/mol. The summed E-state index contributed by atoms with van der Waals surface area (Å²) in [5, 5.41) is 0. The Hall–Kier alpha value is -2.40. The van der Waals surface area contributed by atoms with Gasteiger partial charge in [-0.2, -0.15) is 0 Å². The molecule has 0 N–H and O–H groups in total. The topological polar surface area (TPSA) is 55.8 Å². The molecule has 0 aromatic carbocycles. The Balaban J connectivity index is 2.13. The van der Waals surface area contributed by atoms with Crippen LogP contribution >= 0.6 is 0 Å². The molecule has 0 saturated carbocycles. The van der Waals surface area contributed by atoms with E-state index < -0.39 is 12.2 Å². The van der Waals surface area contributed by atoms with Crippen molar-refractivity contribution in [3.05, 3.63) is 58.7 Å². The highest BCUT2D eigenvalue weighted by Crippen LogP contribution is 2.40. The van der Waals surface area contributed by atoms with Gasteiger partial charge in [-0.1, -0.05) is 61.4 Å². The van der Waals surface area contributed by atoms with Gasteiger partial charge in [0.25, 0.3) is 0 Å². The maximum atomic E-state index is 12.9. The Bertz CT molecular complexity index is 805. The SMILES string of the molecule is C/C=C(C)/C=C/C=C(C)/C=C/C1=C(C)C(=O)C(OC(=O)N2CCOCC2)CC1(C)C. The molecule has 2 rings (SSSR count). The van der Waals surface area contributed by atoms with E-state index in [4.69, 9.17) is 9.47 Å². The molecule has 1 atom stereocenters. The predicted octanol–water partition coefficient (Wildman–Crippen LogP) is 5.16. The highest BCUT2D eigenvalue weighted by Gasteiger charge is 2.40. The predicted molar refractivity (Wildman–Crippen MR) is 120 cm³/mol. The number of nitrogens with zero attached hydrogens (tertiary/aromatic N) is 1. The Kier molecular flexibility index (Phi) is 8.42. The van der Waals surface area contributed by atoms with E-state index in [2.05, 4.69) is 32.9 Å². The summed E-state index contributed by atoms with van der Waals surface area (Å²) in [6, 6.07) is 0. The summed E-state index contributed by atoms with van der Waals surface area (Å²) >= 11 is 0. The molecule has 1 amide bonds. The molecule has 0 radical (unpaired) electrons. The van der Waals surface area contributed by atoms with Gasteiger partial charge in [-0.3, -0.25) is 4.79 Å². The number of hydrogen-bond donors (Lipinski definition) is 0. The lowest BCUT2D eigenvalue weighted by Gasteiger charge is -2.37. The third-order valence-electron chi connectivity index (χ3n) is 5.69. The minimum absolute atomic E-state index is 0.110. The molecule has 164 valence electrons. The summed E-state index contributed by atoms with van der Waals surface area (Å²) in [5.41, 5.74) is 3.68. The lowest BCUT2D eigenvalue weighted by Crippen LogP contribution is -2.45. The monoisotopic (exact) mass is 413 g/mol. The van der Waals surface area contributed by atoms with Gasteiger partial charge in [-0.05, 0) is 44.3 Å². The first-order valence-electron chi connectivity index (χ1n) is 10.6. The van der Waals surface area contributed by atoms with Crippen LogP contribution in [0.1, 0.15) is 48.0 Å². The van der Waals surface area contributed by atoms with Crippen LogP contribution in [0.4, 0.5) is 4.79 Å². The number of ketones is 1. The minimum atomic E-state index is -0.740. The summed E-state index contributed by atoms with van der Waals surface area (Å²) in [6.07, 6.45) is 11.5. The third kappa shape index (κ3) is 6.30. The van der Waals surface area contributed by atoms with Crippen molar-refractivity contribution in [2.24, 2.45) is 5.41 Å². The summed E-state index contributed by atoms with van der Waals surface area (Å²) in [7, 11) is 0. The smallest absolute Gasteiger partial charge is 0.410 e. The lowest BCUT2D eigenvalue weighted by atomic mass is 9.71. The van der Waals surface area contributed by atoms with Gasteiger partial charge in [-0.25, -0.2) is 4.79 Å². The second-order valence-electron chi connectivity index (χ2n) is 8.60. The van der Waals surface area contributed by atoms with Gasteiger partial charge in [0, 0.05) is 19.5 Å². The van der Waals surface area contributed by atoms with Crippen LogP contribution in [0.25, 0.3) is 0 Å². The fraction of sp³-hybridized carbons (Fsp3) is 0.520. The van der Waals surface area contributed by atoms with Crippen molar-refractivity contribution in [3.8, 4) is 0 Å². The fourth-order valence-corrected chi connectivity index (χ4v) is 3.65. The maximum absolute atomic E-state index is 12.9. The van der Waals surface area contributed by atoms with Crippen LogP contribution in [0.5, 0.6) is 0 Å². The number of amides is 1. The number of rotatable bonds is 5. The van der Waals surface area contributed by atoms with E-state index in [1.165, 1.54) is 5.57 Å². The second kappa shape index (κ2) is 10.6. The van der Waals surface area contributed by atoms with E-state index in [-0.39, 0.29) is 11.2 Å². The van der Waals surface area contributed by atoms with Gasteiger partial charge >= 0.3 is 6.09 Å². The van der Waals surface area contributed by atoms with Crippen LogP contribution in [-0.4, -0.2) is 49.2 Å². The van der Waals surface area contributed by atoms with Crippen molar-refractivity contribution < 1.29 is 19.1 Å². The number of allylic oxidation sites excluding steroid dienone is 9. The van der Waals surface area contributed by atoms with E-state index in [0.29, 0.717) is 38.3 Å². The molecule has 1 fully saturated rings. The molecule has 2 aliphatic rings. The Morgan fingerprint density at radius 2 is 1.83 bits per heavy atom. The number of ether oxygens (including phenoxy) is 2. The average Bonchev–Trinajstić information content (AvgIpc) is 2.71. The van der Waals surface area contributed by atoms with E-state index >= 15 is 0 Å². The molecule has 1 aliphatic carbocycles. The van der Waals surface area contributed by atoms with Crippen molar-refractivity contribution in [2.45, 2.75) is 54.1 Å². The molecule has 1 aliphatic heterocycles. The number of hydrogen-bond acceptors (Lipinski definition) is 4. The zero-order valence-corrected chi connectivity index (χ0v) is 19.2. The molecule has 0 aromatic heterocycles. The van der Waals surface area contributed by atoms with Crippen molar-refractivity contribution in [2.75, 3.05) is 26.3 Å². The quantitative estimate of drug-likeness (QED) is 0.584. The largest absolute Gasteiger partial charge is 0.438 e. The standard InChI is InChI=1S/C25H35NO4/c1-7-18(2)9-8-10-19(3)11-12-21-20(4)23(27)22(17-25(21,5)6)30-24(28)26-13-15-29-16-14-26/h7-12,22H,13-17H2,1-6H3/b9-8+,12-11+,18-7+,19-10+. The van der Waals surface area contributed by atoms with Crippen molar-refractivity contribution in [1.29, 1.82) is 0 Å². The molecule has 1 saturated heterocycles. The van der Waals surface area contributed by atoms with Crippen LogP contribution in [-0.2, 0) is 14.3 Å². The fourth-order valence-electron chi connectivity index (χ4n) is 3.65. The molecule has 1 unspecified atom stereocenters. The molecular weight excluding hydrogens is 378 g/mol. The van der Waals surface area contributed by atoms with E-state index in [1.54, 1.807) is 4.90 Å². The number of carbonyl (C=O) groups is 2. The highest BCUT2D eigenvalue weighted by molar-refractivity contribution is 6.01. The van der Waals surface area contributed by atoms with Gasteiger partial charge in [0.15, 0.2) is 11.9 Å². The molecule has 5 nitrogen and oxygen atoms in total. The molecule has 0 spiro atoms. The minimum Gasteiger partial charge on any atom is -0.438 e. The first-order valence-corrected chi connectivity index (χ1v) is 10.6. The van der Waals surface area contributed by atoms with Gasteiger partial charge in [0.1, 0.15) is 0 Å². The normalized spacial score (nSPS) is 23.6. The molecular formula is C25H35NO4. The van der Waals surface area contributed by atoms with E-state index in [9.17, 15) is 9.59 Å². The second-order valence-corrected chi connectivity index (χ2v) is 8.60. The highest BCUT2D eigenvalue weighted by atomic mass is 16.6. The Labute approximate surface area is 180 Å². The zero-order valence-electron chi connectivity index (χ0n) is 19.2. The van der Waals surface area contributed by atoms with Gasteiger partial charge < -0.3 is 14.4 Å². The van der Waals surface area contributed by atoms with E-state index in [1.807, 2.05) is 45.1 Å². The van der Waals surface area contributed by atoms with Crippen molar-refractivity contribution in [1.82, 2.24) is 4.90 Å². The zero-order chi connectivity index (χ0) is 22.3. The lowest BCUT2D eigenvalue weighted by molar-refractivity contribution is -0.126. The summed E-state index contributed by atoms with van der Waals surface area (Å²) in [5.74, 6) is -0.110. The molecule has 5 heteroatoms. The first-order chi connectivity index (χ1) is 14.2. The number of morpholine rings is 1. The third-order valence-corrected chi connectivity index (χ3v) is 5.69. The van der Waals surface area contributed by atoms with E-state index in [0.717, 1.165) is 11.1 Å². The Morgan fingerprint density at radius 1 is 1.17 bits per heavy atom. The maximum Gasteiger partial charge on any atom is 0.410 e. The molecule has 30 heavy (non-hydrogen) atoms. The molecule has 0 bridgehead atoms. The first kappa shape index (κ1) is 23.9. The van der Waals surface area contributed by atoms with Crippen molar-refractivity contribution in [3.63, 3.8) is 0 Å². The van der Waals surface area contributed by atoms with Gasteiger partial charge in [0.2, 0.25) is 0 Å². The van der Waals surface area contributed by atoms with Crippen LogP contribution in [0, 0.1) is 5.41 Å². The van der Waals surface area contributed by atoms with Crippen LogP contribution in [0.3, 0.4) is 0 Å². The van der Waals surface area contributed by atoms with Crippen molar-refractivity contribution >= 4 is 11.9 Å². The van der Waals surface area contributed by atoms with Crippen LogP contribution < -0.4 is 0 Å². The summed E-state index contributed by atoms with van der Waals surface area (Å²) in [6.45, 7) is 14.1. The Morgan fingerprint density at radius 3 is 2.47 bits per heavy atom. The van der Waals surface area contributed by atoms with Crippen LogP contribution in [0.15, 0.2) is 58.7 Å². The number of Topliss-reactive ketones (excluding diaryl/α,β-unsaturated/α-hetero) is 1. The van der Waals surface area contributed by atoms with Gasteiger partial charge in [0.05, 0.1) is 13.2 Å². The molecule has 0 aromatic rings. The number of carbonyl (C=O) groups excluding carboxylic acids is 2. The van der Waals surface area contributed by atoms with Gasteiger partial charge in [-0.15, -0.1) is 0 Å². The summed E-state index contributed by atoms with van der Waals surface area (Å²) in [4.78, 5) is 27.0. The summed E-state index contributed by atoms with van der Waals surface area (Å²) < 4.78 is 10.9.